The Kier molecular flexibility index (Phi) is 6.15. The fourth-order valence-electron chi connectivity index (χ4n) is 3.89. The van der Waals surface area contributed by atoms with Gasteiger partial charge in [0.15, 0.2) is 0 Å². The van der Waals surface area contributed by atoms with Crippen LogP contribution in [0.2, 0.25) is 0 Å². The average molecular weight is 464 g/mol. The second kappa shape index (κ2) is 9.55. The van der Waals surface area contributed by atoms with E-state index in [2.05, 4.69) is 78.3 Å². The van der Waals surface area contributed by atoms with Gasteiger partial charge in [-0.1, -0.05) is 51.1 Å². The Labute approximate surface area is 206 Å². The van der Waals surface area contributed by atoms with E-state index in [0.717, 1.165) is 23.8 Å². The summed E-state index contributed by atoms with van der Waals surface area (Å²) in [6.07, 6.45) is 5.96. The molecule has 3 aromatic carbocycles. The second-order valence-electron chi connectivity index (χ2n) is 9.52. The number of aromatic nitrogens is 1. The third-order valence-electron chi connectivity index (χ3n) is 5.83. The molecule has 0 saturated carbocycles. The van der Waals surface area contributed by atoms with Gasteiger partial charge < -0.3 is 19.3 Å². The average Bonchev–Trinajstić information content (AvgIpc) is 3.35. The quantitative estimate of drug-likeness (QED) is 0.293. The van der Waals surface area contributed by atoms with Crippen LogP contribution in [0.4, 0.5) is 11.4 Å². The molecule has 0 amide bonds. The monoisotopic (exact) mass is 463 g/mol. The van der Waals surface area contributed by atoms with Crippen molar-refractivity contribution in [2.45, 2.75) is 26.2 Å². The molecule has 176 valence electrons. The van der Waals surface area contributed by atoms with Gasteiger partial charge in [0.25, 0.3) is 0 Å². The molecule has 0 aliphatic carbocycles. The highest BCUT2D eigenvalue weighted by Gasteiger charge is 2.16. The van der Waals surface area contributed by atoms with Crippen molar-refractivity contribution in [3.8, 4) is 23.1 Å². The maximum absolute atomic E-state index is 6.18. The predicted octanol–water partition coefficient (Wildman–Crippen LogP) is 7.72. The van der Waals surface area contributed by atoms with Crippen molar-refractivity contribution in [2.24, 2.45) is 0 Å². The zero-order valence-electron chi connectivity index (χ0n) is 20.3. The molecule has 0 spiro atoms. The maximum Gasteiger partial charge on any atom is 0.219 e. The van der Waals surface area contributed by atoms with Crippen LogP contribution >= 0.6 is 0 Å². The van der Waals surface area contributed by atoms with E-state index >= 15 is 0 Å². The zero-order valence-corrected chi connectivity index (χ0v) is 20.3. The van der Waals surface area contributed by atoms with Gasteiger partial charge in [-0.25, -0.2) is 4.98 Å². The van der Waals surface area contributed by atoms with Gasteiger partial charge in [-0.15, -0.1) is 0 Å². The van der Waals surface area contributed by atoms with Crippen molar-refractivity contribution < 1.29 is 9.47 Å². The Bertz CT molecular complexity index is 1330. The van der Waals surface area contributed by atoms with E-state index in [1.54, 1.807) is 6.20 Å². The fraction of sp³-hybridized carbons (Fsp3) is 0.167. The Hall–Kier alpha value is -4.25. The van der Waals surface area contributed by atoms with E-state index in [1.165, 1.54) is 5.56 Å². The summed E-state index contributed by atoms with van der Waals surface area (Å²) in [4.78, 5) is 8.76. The van der Waals surface area contributed by atoms with Gasteiger partial charge in [0.2, 0.25) is 5.88 Å². The molecule has 2 heterocycles. The molecule has 0 bridgehead atoms. The molecular weight excluding hydrogens is 434 g/mol. The van der Waals surface area contributed by atoms with E-state index in [9.17, 15) is 0 Å². The summed E-state index contributed by atoms with van der Waals surface area (Å²) >= 11 is 0. The molecular formula is C30H29N3O2. The summed E-state index contributed by atoms with van der Waals surface area (Å²) in [5.74, 6) is 2.71. The summed E-state index contributed by atoms with van der Waals surface area (Å²) < 4.78 is 12.2. The number of rotatable bonds is 6. The molecule has 5 heteroatoms. The van der Waals surface area contributed by atoms with Crippen molar-refractivity contribution in [1.29, 1.82) is 0 Å². The molecule has 4 aromatic rings. The lowest BCUT2D eigenvalue weighted by Gasteiger charge is -2.22. The van der Waals surface area contributed by atoms with Gasteiger partial charge in [-0.3, -0.25) is 0 Å². The number of ether oxygens (including phenoxy) is 2. The third kappa shape index (κ3) is 5.46. The lowest BCUT2D eigenvalue weighted by molar-refractivity contribution is 0.446. The summed E-state index contributed by atoms with van der Waals surface area (Å²) in [5.41, 5.74) is 3.43. The van der Waals surface area contributed by atoms with Gasteiger partial charge in [-0.2, -0.15) is 0 Å². The Morgan fingerprint density at radius 3 is 2.03 bits per heavy atom. The maximum atomic E-state index is 6.18. The molecule has 0 radical (unpaired) electrons. The molecule has 1 aliphatic heterocycles. The van der Waals surface area contributed by atoms with Crippen LogP contribution in [0, 0.1) is 0 Å². The van der Waals surface area contributed by atoms with E-state index in [1.807, 2.05) is 60.7 Å². The summed E-state index contributed by atoms with van der Waals surface area (Å²) in [6.45, 7) is 7.26. The molecule has 0 atom stereocenters. The van der Waals surface area contributed by atoms with Crippen LogP contribution in [0.15, 0.2) is 110 Å². The largest absolute Gasteiger partial charge is 0.457 e. The first-order valence-electron chi connectivity index (χ1n) is 11.7. The van der Waals surface area contributed by atoms with Crippen LogP contribution < -0.4 is 19.3 Å². The first kappa shape index (κ1) is 22.5. The van der Waals surface area contributed by atoms with Crippen LogP contribution in [0.5, 0.6) is 23.1 Å². The number of nitrogens with zero attached hydrogens (tertiary/aromatic N) is 3. The number of hydrogen-bond donors (Lipinski definition) is 0. The highest BCUT2D eigenvalue weighted by Crippen LogP contribution is 2.32. The number of pyridine rings is 1. The summed E-state index contributed by atoms with van der Waals surface area (Å²) in [5, 5.41) is 0. The van der Waals surface area contributed by atoms with Gasteiger partial charge in [0, 0.05) is 48.2 Å². The summed E-state index contributed by atoms with van der Waals surface area (Å²) in [7, 11) is 0. The van der Waals surface area contributed by atoms with Crippen LogP contribution in [-0.4, -0.2) is 11.7 Å². The van der Waals surface area contributed by atoms with Crippen LogP contribution in [-0.2, 0) is 5.41 Å². The minimum absolute atomic E-state index is 0.0275. The molecule has 5 nitrogen and oxygen atoms in total. The Balaban J connectivity index is 1.27. The molecule has 0 saturated heterocycles. The number of para-hydroxylation sites is 1. The first-order chi connectivity index (χ1) is 16.9. The first-order valence-corrected chi connectivity index (χ1v) is 11.7. The lowest BCUT2D eigenvalue weighted by atomic mass is 9.88. The van der Waals surface area contributed by atoms with Crippen molar-refractivity contribution in [2.75, 3.05) is 16.5 Å². The van der Waals surface area contributed by atoms with Crippen LogP contribution in [0.25, 0.3) is 0 Å². The van der Waals surface area contributed by atoms with E-state index in [4.69, 9.17) is 9.47 Å². The summed E-state index contributed by atoms with van der Waals surface area (Å²) in [6, 6.07) is 30.1. The standard InChI is InChI=1S/C30H29N3O2/c1-30(2,3)23-15-16-31-29(19-23)35-28-14-8-13-27(21-28)34-26-12-7-11-25(20-26)33-18-17-32(22-33)24-9-5-4-6-10-24/h4-21H,22H2,1-3H3. The van der Waals surface area contributed by atoms with Crippen LogP contribution in [0.1, 0.15) is 26.3 Å². The molecule has 1 aromatic heterocycles. The highest BCUT2D eigenvalue weighted by molar-refractivity contribution is 5.60. The van der Waals surface area contributed by atoms with Gasteiger partial charge in [0.05, 0.1) is 6.67 Å². The Morgan fingerprint density at radius 1 is 0.657 bits per heavy atom. The molecule has 0 N–H and O–H groups in total. The second-order valence-corrected chi connectivity index (χ2v) is 9.52. The Morgan fingerprint density at radius 2 is 1.29 bits per heavy atom. The minimum atomic E-state index is 0.0275. The third-order valence-corrected chi connectivity index (χ3v) is 5.83. The number of anilines is 2. The topological polar surface area (TPSA) is 37.8 Å². The minimum Gasteiger partial charge on any atom is -0.457 e. The van der Waals surface area contributed by atoms with Gasteiger partial charge in [-0.05, 0) is 53.4 Å². The molecule has 1 aliphatic rings. The molecule has 5 rings (SSSR count). The number of hydrogen-bond acceptors (Lipinski definition) is 5. The van der Waals surface area contributed by atoms with Crippen molar-refractivity contribution in [3.63, 3.8) is 0 Å². The number of benzene rings is 3. The highest BCUT2D eigenvalue weighted by atomic mass is 16.5. The zero-order chi connectivity index (χ0) is 24.3. The van der Waals surface area contributed by atoms with E-state index in [0.29, 0.717) is 17.4 Å². The van der Waals surface area contributed by atoms with Gasteiger partial charge in [0.1, 0.15) is 17.2 Å². The van der Waals surface area contributed by atoms with Crippen molar-refractivity contribution in [1.82, 2.24) is 4.98 Å². The van der Waals surface area contributed by atoms with E-state index < -0.39 is 0 Å². The lowest BCUT2D eigenvalue weighted by Crippen LogP contribution is -2.24. The van der Waals surface area contributed by atoms with Gasteiger partial charge >= 0.3 is 0 Å². The molecule has 35 heavy (non-hydrogen) atoms. The van der Waals surface area contributed by atoms with Crippen molar-refractivity contribution >= 4 is 11.4 Å². The predicted molar refractivity (Wildman–Crippen MR) is 141 cm³/mol. The molecule has 0 fully saturated rings. The molecule has 0 unspecified atom stereocenters. The fourth-order valence-corrected chi connectivity index (χ4v) is 3.89. The van der Waals surface area contributed by atoms with E-state index in [-0.39, 0.29) is 5.41 Å². The SMILES string of the molecule is CC(C)(C)c1ccnc(Oc2cccc(Oc3cccc(N4C=CN(c5ccccc5)C4)c3)c2)c1. The normalized spacial score (nSPS) is 13.2. The smallest absolute Gasteiger partial charge is 0.219 e. The van der Waals surface area contributed by atoms with Crippen LogP contribution in [0.3, 0.4) is 0 Å². The van der Waals surface area contributed by atoms with Crippen molar-refractivity contribution in [3.05, 3.63) is 115 Å².